The molecule has 0 saturated heterocycles. The average Bonchev–Trinajstić information content (AvgIpc) is 3.12. The highest BCUT2D eigenvalue weighted by molar-refractivity contribution is 7.85. The number of hydrogen-bond acceptors (Lipinski definition) is 5. The number of esters is 1. The SMILES string of the molecule is C=C[C@@H]1C[C@]1(N)C(=O)OCC.Cc1ccccc1S(=O)(=O)O. The predicted molar refractivity (Wildman–Crippen MR) is 82.8 cm³/mol. The first-order valence-electron chi connectivity index (χ1n) is 6.78. The van der Waals surface area contributed by atoms with Crippen molar-refractivity contribution in [3.8, 4) is 0 Å². The third-order valence-electron chi connectivity index (χ3n) is 3.37. The largest absolute Gasteiger partial charge is 0.465 e. The maximum atomic E-state index is 11.1. The predicted octanol–water partition coefficient (Wildman–Crippen LogP) is 1.69. The van der Waals surface area contributed by atoms with E-state index in [1.807, 2.05) is 0 Å². The zero-order valence-electron chi connectivity index (χ0n) is 12.7. The molecule has 1 saturated carbocycles. The van der Waals surface area contributed by atoms with E-state index < -0.39 is 15.7 Å². The number of benzene rings is 1. The molecule has 1 fully saturated rings. The van der Waals surface area contributed by atoms with Crippen LogP contribution in [0.15, 0.2) is 41.8 Å². The Morgan fingerprint density at radius 3 is 2.50 bits per heavy atom. The quantitative estimate of drug-likeness (QED) is 0.495. The lowest BCUT2D eigenvalue weighted by Crippen LogP contribution is -2.36. The number of nitrogens with two attached hydrogens (primary N) is 1. The molecule has 2 rings (SSSR count). The van der Waals surface area contributed by atoms with E-state index in [4.69, 9.17) is 15.0 Å². The van der Waals surface area contributed by atoms with Crippen LogP contribution in [0.5, 0.6) is 0 Å². The standard InChI is InChI=1S/C8H13NO2.C7H8O3S/c1-3-6-5-8(6,9)7(10)11-4-2;1-6-4-2-3-5-7(6)11(8,9)10/h3,6H,1,4-5,9H2,2H3;2-5H,1H3,(H,8,9,10)/t6-,8-;/m1./s1. The fourth-order valence-corrected chi connectivity index (χ4v) is 2.67. The second-order valence-corrected chi connectivity index (χ2v) is 6.44. The van der Waals surface area contributed by atoms with Crippen LogP contribution in [0, 0.1) is 12.8 Å². The Bertz CT molecular complexity index is 656. The summed E-state index contributed by atoms with van der Waals surface area (Å²) in [6.45, 7) is 7.36. The fourth-order valence-electron chi connectivity index (χ4n) is 1.94. The summed E-state index contributed by atoms with van der Waals surface area (Å²) in [5.41, 5.74) is 5.48. The Labute approximate surface area is 130 Å². The third kappa shape index (κ3) is 4.40. The van der Waals surface area contributed by atoms with Crippen molar-refractivity contribution in [3.05, 3.63) is 42.5 Å². The summed E-state index contributed by atoms with van der Waals surface area (Å²) in [6, 6.07) is 6.27. The topological polar surface area (TPSA) is 107 Å². The second kappa shape index (κ2) is 7.04. The molecular weight excluding hydrogens is 306 g/mol. The van der Waals surface area contributed by atoms with E-state index >= 15 is 0 Å². The minimum atomic E-state index is -4.03. The maximum absolute atomic E-state index is 11.1. The molecular formula is C15H21NO5S. The molecule has 2 atom stereocenters. The first-order chi connectivity index (χ1) is 10.2. The molecule has 7 heteroatoms. The molecule has 3 N–H and O–H groups in total. The molecule has 0 amide bonds. The van der Waals surface area contributed by atoms with E-state index in [2.05, 4.69) is 6.58 Å². The molecule has 0 unspecified atom stereocenters. The van der Waals surface area contributed by atoms with Crippen molar-refractivity contribution in [2.75, 3.05) is 6.61 Å². The molecule has 22 heavy (non-hydrogen) atoms. The number of rotatable bonds is 4. The van der Waals surface area contributed by atoms with Gasteiger partial charge in [0.05, 0.1) is 11.5 Å². The van der Waals surface area contributed by atoms with Gasteiger partial charge in [-0.25, -0.2) is 0 Å². The van der Waals surface area contributed by atoms with Crippen LogP contribution in [0.2, 0.25) is 0 Å². The number of carbonyl (C=O) groups is 1. The van der Waals surface area contributed by atoms with E-state index in [-0.39, 0.29) is 16.8 Å². The van der Waals surface area contributed by atoms with Gasteiger partial charge in [0.25, 0.3) is 10.1 Å². The van der Waals surface area contributed by atoms with Gasteiger partial charge in [0, 0.05) is 5.92 Å². The summed E-state index contributed by atoms with van der Waals surface area (Å²) in [5, 5.41) is 0. The van der Waals surface area contributed by atoms with Crippen molar-refractivity contribution in [2.45, 2.75) is 30.7 Å². The van der Waals surface area contributed by atoms with Crippen molar-refractivity contribution in [3.63, 3.8) is 0 Å². The summed E-state index contributed by atoms with van der Waals surface area (Å²) in [7, 11) is -4.03. The molecule has 1 aliphatic carbocycles. The molecule has 122 valence electrons. The van der Waals surface area contributed by atoms with Crippen molar-refractivity contribution in [1.29, 1.82) is 0 Å². The second-order valence-electron chi connectivity index (χ2n) is 5.05. The first kappa shape index (κ1) is 18.3. The van der Waals surface area contributed by atoms with E-state index in [0.29, 0.717) is 18.6 Å². The number of ether oxygens (including phenoxy) is 1. The first-order valence-corrected chi connectivity index (χ1v) is 8.22. The number of carbonyl (C=O) groups excluding carboxylic acids is 1. The van der Waals surface area contributed by atoms with Gasteiger partial charge >= 0.3 is 5.97 Å². The Kier molecular flexibility index (Phi) is 5.87. The van der Waals surface area contributed by atoms with Crippen LogP contribution in [0.1, 0.15) is 18.9 Å². The van der Waals surface area contributed by atoms with Gasteiger partial charge in [-0.1, -0.05) is 24.3 Å². The molecule has 6 nitrogen and oxygen atoms in total. The summed E-state index contributed by atoms with van der Waals surface area (Å²) in [6.07, 6.45) is 2.38. The molecule has 0 bridgehead atoms. The van der Waals surface area contributed by atoms with E-state index in [0.717, 1.165) is 0 Å². The van der Waals surface area contributed by atoms with E-state index in [9.17, 15) is 13.2 Å². The van der Waals surface area contributed by atoms with Gasteiger partial charge in [-0.05, 0) is 31.9 Å². The van der Waals surface area contributed by atoms with Gasteiger partial charge in [0.1, 0.15) is 5.54 Å². The maximum Gasteiger partial charge on any atom is 0.326 e. The summed E-state index contributed by atoms with van der Waals surface area (Å²) in [5.74, 6) is -0.188. The third-order valence-corrected chi connectivity index (χ3v) is 4.38. The molecule has 0 spiro atoms. The minimum absolute atomic E-state index is 0.0278. The highest BCUT2D eigenvalue weighted by Gasteiger charge is 2.56. The molecule has 0 heterocycles. The van der Waals surface area contributed by atoms with Gasteiger partial charge in [0.2, 0.25) is 0 Å². The lowest BCUT2D eigenvalue weighted by atomic mass is 10.2. The minimum Gasteiger partial charge on any atom is -0.465 e. The van der Waals surface area contributed by atoms with Crippen molar-refractivity contribution >= 4 is 16.1 Å². The van der Waals surface area contributed by atoms with Gasteiger partial charge in [-0.2, -0.15) is 8.42 Å². The van der Waals surface area contributed by atoms with Crippen LogP contribution in [0.3, 0.4) is 0 Å². The molecule has 0 radical (unpaired) electrons. The summed E-state index contributed by atoms with van der Waals surface area (Å²) < 4.78 is 34.6. The normalized spacial score (nSPS) is 23.0. The van der Waals surface area contributed by atoms with Crippen LogP contribution in [0.25, 0.3) is 0 Å². The molecule has 0 aromatic heterocycles. The molecule has 1 aromatic rings. The van der Waals surface area contributed by atoms with Crippen molar-refractivity contribution in [2.24, 2.45) is 11.7 Å². The van der Waals surface area contributed by atoms with Gasteiger partial charge in [0.15, 0.2) is 0 Å². The lowest BCUT2D eigenvalue weighted by Gasteiger charge is -2.07. The monoisotopic (exact) mass is 327 g/mol. The van der Waals surface area contributed by atoms with Crippen molar-refractivity contribution in [1.82, 2.24) is 0 Å². The Morgan fingerprint density at radius 2 is 2.14 bits per heavy atom. The van der Waals surface area contributed by atoms with Crippen LogP contribution in [-0.4, -0.2) is 31.1 Å². The molecule has 0 aliphatic heterocycles. The van der Waals surface area contributed by atoms with Crippen molar-refractivity contribution < 1.29 is 22.5 Å². The Hall–Kier alpha value is -1.70. The van der Waals surface area contributed by atoms with E-state index in [1.54, 1.807) is 38.1 Å². The van der Waals surface area contributed by atoms with Crippen LogP contribution < -0.4 is 5.73 Å². The zero-order valence-corrected chi connectivity index (χ0v) is 13.5. The Morgan fingerprint density at radius 1 is 1.55 bits per heavy atom. The van der Waals surface area contributed by atoms with Gasteiger partial charge in [-0.3, -0.25) is 9.35 Å². The van der Waals surface area contributed by atoms with Gasteiger partial charge < -0.3 is 10.5 Å². The van der Waals surface area contributed by atoms with Gasteiger partial charge in [-0.15, -0.1) is 6.58 Å². The molecule has 1 aliphatic rings. The molecule has 1 aromatic carbocycles. The fraction of sp³-hybridized carbons (Fsp3) is 0.400. The Balaban J connectivity index is 0.000000220. The summed E-state index contributed by atoms with van der Waals surface area (Å²) in [4.78, 5) is 11.1. The van der Waals surface area contributed by atoms with Crippen LogP contribution >= 0.6 is 0 Å². The highest BCUT2D eigenvalue weighted by atomic mass is 32.2. The van der Waals surface area contributed by atoms with Crippen LogP contribution in [-0.2, 0) is 19.6 Å². The van der Waals surface area contributed by atoms with Crippen LogP contribution in [0.4, 0.5) is 0 Å². The zero-order chi connectivity index (χ0) is 17.0. The average molecular weight is 327 g/mol. The van der Waals surface area contributed by atoms with E-state index in [1.165, 1.54) is 6.07 Å². The lowest BCUT2D eigenvalue weighted by molar-refractivity contribution is -0.146. The number of hydrogen-bond donors (Lipinski definition) is 2. The smallest absolute Gasteiger partial charge is 0.326 e. The number of aryl methyl sites for hydroxylation is 1. The highest BCUT2D eigenvalue weighted by Crippen LogP contribution is 2.42. The summed E-state index contributed by atoms with van der Waals surface area (Å²) >= 11 is 0.